The minimum absolute atomic E-state index is 0.399. The molecule has 2 rings (SSSR count). The van der Waals surface area contributed by atoms with Crippen LogP contribution >= 0.6 is 23.3 Å². The minimum Gasteiger partial charge on any atom is -0.366 e. The summed E-state index contributed by atoms with van der Waals surface area (Å²) in [6.07, 6.45) is 0. The first-order valence-electron chi connectivity index (χ1n) is 5.09. The van der Waals surface area contributed by atoms with Crippen LogP contribution in [0.3, 0.4) is 0 Å². The minimum atomic E-state index is 0.399. The summed E-state index contributed by atoms with van der Waals surface area (Å²) in [7, 11) is 0. The molecule has 1 fully saturated rings. The average molecular weight is 246 g/mol. The van der Waals surface area contributed by atoms with Gasteiger partial charge in [0.05, 0.1) is 11.7 Å². The predicted octanol–water partition coefficient (Wildman–Crippen LogP) is 3.29. The van der Waals surface area contributed by atoms with Crippen molar-refractivity contribution in [3.05, 3.63) is 5.15 Å². The molecule has 0 amide bonds. The second-order valence-corrected chi connectivity index (χ2v) is 6.17. The molecule has 1 aromatic rings. The Hall–Kier alpha value is -0.350. The van der Waals surface area contributed by atoms with E-state index in [0.717, 1.165) is 24.1 Å². The molecule has 5 heteroatoms. The first-order valence-corrected chi connectivity index (χ1v) is 6.20. The van der Waals surface area contributed by atoms with Crippen molar-refractivity contribution < 1.29 is 0 Å². The van der Waals surface area contributed by atoms with Gasteiger partial charge in [-0.25, -0.2) is 0 Å². The molecule has 15 heavy (non-hydrogen) atoms. The lowest BCUT2D eigenvalue weighted by atomic mass is 10.0. The number of aromatic nitrogens is 2. The molecule has 0 radical (unpaired) electrons. The Bertz CT molecular complexity index is 358. The Labute approximate surface area is 99.6 Å². The Kier molecular flexibility index (Phi) is 2.47. The summed E-state index contributed by atoms with van der Waals surface area (Å²) < 4.78 is 8.02. The van der Waals surface area contributed by atoms with E-state index in [2.05, 4.69) is 41.8 Å². The zero-order valence-electron chi connectivity index (χ0n) is 9.47. The highest BCUT2D eigenvalue weighted by Gasteiger charge is 2.64. The van der Waals surface area contributed by atoms with Gasteiger partial charge in [0.2, 0.25) is 0 Å². The Morgan fingerprint density at radius 3 is 2.27 bits per heavy atom. The van der Waals surface area contributed by atoms with E-state index >= 15 is 0 Å². The van der Waals surface area contributed by atoms with Gasteiger partial charge in [-0.15, -0.1) is 0 Å². The molecule has 1 aliphatic carbocycles. The summed E-state index contributed by atoms with van der Waals surface area (Å²) >= 11 is 7.00. The van der Waals surface area contributed by atoms with Crippen molar-refractivity contribution >= 4 is 29.1 Å². The highest BCUT2D eigenvalue weighted by Crippen LogP contribution is 2.68. The Morgan fingerprint density at radius 1 is 1.27 bits per heavy atom. The third-order valence-electron chi connectivity index (χ3n) is 4.24. The third-order valence-corrected chi connectivity index (χ3v) is 5.13. The fraction of sp³-hybridized carbons (Fsp3) is 0.800. The lowest BCUT2D eigenvalue weighted by molar-refractivity contribution is 0.457. The van der Waals surface area contributed by atoms with Crippen LogP contribution in [0.1, 0.15) is 27.7 Å². The van der Waals surface area contributed by atoms with Crippen molar-refractivity contribution in [3.63, 3.8) is 0 Å². The van der Waals surface area contributed by atoms with Crippen molar-refractivity contribution in [1.29, 1.82) is 0 Å². The number of nitrogens with zero attached hydrogens (tertiary/aromatic N) is 2. The van der Waals surface area contributed by atoms with E-state index in [1.54, 1.807) is 0 Å². The lowest BCUT2D eigenvalue weighted by Crippen LogP contribution is -2.08. The van der Waals surface area contributed by atoms with Crippen molar-refractivity contribution in [2.75, 3.05) is 11.9 Å². The highest BCUT2D eigenvalue weighted by atomic mass is 35.5. The van der Waals surface area contributed by atoms with Crippen LogP contribution in [-0.4, -0.2) is 15.3 Å². The molecule has 1 N–H and O–H groups in total. The van der Waals surface area contributed by atoms with Gasteiger partial charge in [-0.1, -0.05) is 39.3 Å². The fourth-order valence-corrected chi connectivity index (χ4v) is 3.01. The maximum absolute atomic E-state index is 5.86. The first kappa shape index (κ1) is 11.1. The summed E-state index contributed by atoms with van der Waals surface area (Å²) in [5.41, 5.74) is 0.797. The standard InChI is InChI=1S/C10H16ClN3S/c1-9(2)6(10(9,3)4)5-12-8-7(11)13-15-14-8/h6H,5H2,1-4H3,(H,12,14). The maximum atomic E-state index is 5.86. The predicted molar refractivity (Wildman–Crippen MR) is 64.5 cm³/mol. The lowest BCUT2D eigenvalue weighted by Gasteiger charge is -2.04. The van der Waals surface area contributed by atoms with Gasteiger partial charge in [-0.05, 0) is 16.7 Å². The molecule has 0 atom stereocenters. The molecule has 0 aromatic carbocycles. The molecule has 1 aromatic heterocycles. The van der Waals surface area contributed by atoms with Gasteiger partial charge < -0.3 is 5.32 Å². The molecule has 84 valence electrons. The van der Waals surface area contributed by atoms with Crippen LogP contribution in [0.15, 0.2) is 0 Å². The van der Waals surface area contributed by atoms with Crippen LogP contribution in [-0.2, 0) is 0 Å². The number of hydrogen-bond acceptors (Lipinski definition) is 4. The van der Waals surface area contributed by atoms with Crippen LogP contribution in [0.25, 0.3) is 0 Å². The molecule has 1 aliphatic rings. The molecule has 1 saturated carbocycles. The number of hydrogen-bond donors (Lipinski definition) is 1. The number of rotatable bonds is 3. The van der Waals surface area contributed by atoms with Crippen molar-refractivity contribution in [2.24, 2.45) is 16.7 Å². The van der Waals surface area contributed by atoms with Gasteiger partial charge in [0.15, 0.2) is 11.0 Å². The molecule has 0 unspecified atom stereocenters. The molecule has 1 heterocycles. The number of anilines is 1. The molecule has 0 saturated heterocycles. The number of halogens is 1. The van der Waals surface area contributed by atoms with Gasteiger partial charge in [-0.3, -0.25) is 0 Å². The van der Waals surface area contributed by atoms with Gasteiger partial charge in [0.25, 0.3) is 0 Å². The summed E-state index contributed by atoms with van der Waals surface area (Å²) in [4.78, 5) is 0. The van der Waals surface area contributed by atoms with Crippen LogP contribution in [0, 0.1) is 16.7 Å². The van der Waals surface area contributed by atoms with Gasteiger partial charge >= 0.3 is 0 Å². The van der Waals surface area contributed by atoms with Gasteiger partial charge in [0, 0.05) is 6.54 Å². The topological polar surface area (TPSA) is 37.8 Å². The molecule has 0 aliphatic heterocycles. The molecular formula is C10H16ClN3S. The van der Waals surface area contributed by atoms with Gasteiger partial charge in [0.1, 0.15) is 0 Å². The molecular weight excluding hydrogens is 230 g/mol. The molecule has 3 nitrogen and oxygen atoms in total. The monoisotopic (exact) mass is 245 g/mol. The summed E-state index contributed by atoms with van der Waals surface area (Å²) in [6.45, 7) is 10.1. The average Bonchev–Trinajstić information content (AvgIpc) is 2.49. The zero-order chi connectivity index (χ0) is 11.3. The first-order chi connectivity index (χ1) is 6.87. The van der Waals surface area contributed by atoms with Crippen LogP contribution < -0.4 is 5.32 Å². The smallest absolute Gasteiger partial charge is 0.186 e. The van der Waals surface area contributed by atoms with Crippen molar-refractivity contribution in [2.45, 2.75) is 27.7 Å². The second kappa shape index (κ2) is 3.32. The zero-order valence-corrected chi connectivity index (χ0v) is 11.0. The van der Waals surface area contributed by atoms with E-state index < -0.39 is 0 Å². The summed E-state index contributed by atoms with van der Waals surface area (Å²) in [5, 5.41) is 3.75. The maximum Gasteiger partial charge on any atom is 0.186 e. The van der Waals surface area contributed by atoms with Crippen LogP contribution in [0.5, 0.6) is 0 Å². The molecule has 0 spiro atoms. The highest BCUT2D eigenvalue weighted by molar-refractivity contribution is 6.99. The quantitative estimate of drug-likeness (QED) is 0.888. The third kappa shape index (κ3) is 1.64. The Balaban J connectivity index is 1.94. The van der Waals surface area contributed by atoms with E-state index in [0.29, 0.717) is 21.9 Å². The van der Waals surface area contributed by atoms with E-state index in [9.17, 15) is 0 Å². The SMILES string of the molecule is CC1(C)C(CNc2nsnc2Cl)C1(C)C. The largest absolute Gasteiger partial charge is 0.366 e. The summed E-state index contributed by atoms with van der Waals surface area (Å²) in [6, 6.07) is 0. The second-order valence-electron chi connectivity index (χ2n) is 5.28. The van der Waals surface area contributed by atoms with Gasteiger partial charge in [-0.2, -0.15) is 8.75 Å². The normalized spacial score (nSPS) is 22.7. The molecule has 0 bridgehead atoms. The van der Waals surface area contributed by atoms with E-state index in [-0.39, 0.29) is 0 Å². The van der Waals surface area contributed by atoms with Crippen molar-refractivity contribution in [3.8, 4) is 0 Å². The summed E-state index contributed by atoms with van der Waals surface area (Å²) in [5.74, 6) is 1.39. The van der Waals surface area contributed by atoms with E-state index in [4.69, 9.17) is 11.6 Å². The van der Waals surface area contributed by atoms with E-state index in [1.165, 1.54) is 0 Å². The van der Waals surface area contributed by atoms with Crippen molar-refractivity contribution in [1.82, 2.24) is 8.75 Å². The van der Waals surface area contributed by atoms with Crippen LogP contribution in [0.4, 0.5) is 5.82 Å². The number of nitrogens with one attached hydrogen (secondary N) is 1. The fourth-order valence-electron chi connectivity index (χ4n) is 2.33. The Morgan fingerprint density at radius 2 is 1.87 bits per heavy atom. The van der Waals surface area contributed by atoms with Crippen LogP contribution in [0.2, 0.25) is 5.15 Å². The van der Waals surface area contributed by atoms with E-state index in [1.807, 2.05) is 0 Å².